The molecule has 12 heteroatoms. The molecule has 0 bridgehead atoms. The molecule has 1 atom stereocenters. The first-order valence-electron chi connectivity index (χ1n) is 11.2. The van der Waals surface area contributed by atoms with E-state index in [9.17, 15) is 29.3 Å². The number of non-ortho nitro benzene ring substituents is 1. The molecule has 0 aliphatic carbocycles. The Kier molecular flexibility index (Phi) is 10.8. The topological polar surface area (TPSA) is 169 Å². The summed E-state index contributed by atoms with van der Waals surface area (Å²) in [6, 6.07) is 13.4. The average Bonchev–Trinajstić information content (AvgIpc) is 2.85. The lowest BCUT2D eigenvalue weighted by molar-refractivity contribution is -0.384. The molecule has 0 saturated carbocycles. The van der Waals surface area contributed by atoms with Crippen molar-refractivity contribution in [3.63, 3.8) is 0 Å². The van der Waals surface area contributed by atoms with E-state index in [0.29, 0.717) is 12.1 Å². The summed E-state index contributed by atoms with van der Waals surface area (Å²) in [5.41, 5.74) is 1.02. The standard InChI is InChI=1S/C24H29N5O7/c1-16(2)12-20(23(32)27-18-8-10-19(11-9-18)29(34)35)28-22(31)14-25-21(30)13-26-24(33)36-15-17-6-4-3-5-7-17/h3-11,16,20H,12-15H2,1-2H3,(H,25,30)(H,26,33)(H,27,32)(H,28,31)/t20-/m0/s1. The summed E-state index contributed by atoms with van der Waals surface area (Å²) in [6.07, 6.45) is -0.453. The van der Waals surface area contributed by atoms with Crippen LogP contribution >= 0.6 is 0 Å². The normalized spacial score (nSPS) is 11.2. The maximum absolute atomic E-state index is 12.7. The predicted molar refractivity (Wildman–Crippen MR) is 131 cm³/mol. The molecule has 2 aromatic rings. The number of nitro groups is 1. The smallest absolute Gasteiger partial charge is 0.407 e. The van der Waals surface area contributed by atoms with E-state index in [1.54, 1.807) is 24.3 Å². The number of anilines is 1. The molecule has 2 aromatic carbocycles. The molecule has 4 amide bonds. The van der Waals surface area contributed by atoms with Crippen molar-refractivity contribution >= 4 is 35.2 Å². The van der Waals surface area contributed by atoms with Gasteiger partial charge in [0.15, 0.2) is 0 Å². The SMILES string of the molecule is CC(C)C[C@H](NC(=O)CNC(=O)CNC(=O)OCc1ccccc1)C(=O)Nc1ccc([N+](=O)[O-])cc1. The molecule has 4 N–H and O–H groups in total. The fourth-order valence-electron chi connectivity index (χ4n) is 3.01. The van der Waals surface area contributed by atoms with Crippen LogP contribution in [0.3, 0.4) is 0 Å². The molecule has 36 heavy (non-hydrogen) atoms. The molecule has 0 saturated heterocycles. The molecule has 0 unspecified atom stereocenters. The zero-order valence-electron chi connectivity index (χ0n) is 20.0. The van der Waals surface area contributed by atoms with Crippen molar-refractivity contribution in [2.45, 2.75) is 32.9 Å². The Hall–Kier alpha value is -4.48. The molecule has 0 heterocycles. The van der Waals surface area contributed by atoms with Crippen molar-refractivity contribution in [2.75, 3.05) is 18.4 Å². The van der Waals surface area contributed by atoms with Crippen molar-refractivity contribution in [3.8, 4) is 0 Å². The second-order valence-corrected chi connectivity index (χ2v) is 8.23. The Balaban J connectivity index is 1.77. The van der Waals surface area contributed by atoms with Gasteiger partial charge in [0.1, 0.15) is 19.2 Å². The van der Waals surface area contributed by atoms with Crippen molar-refractivity contribution in [2.24, 2.45) is 5.92 Å². The zero-order chi connectivity index (χ0) is 26.5. The monoisotopic (exact) mass is 499 g/mol. The van der Waals surface area contributed by atoms with Gasteiger partial charge in [0.05, 0.1) is 11.5 Å². The van der Waals surface area contributed by atoms with Crippen LogP contribution in [0.4, 0.5) is 16.2 Å². The van der Waals surface area contributed by atoms with E-state index < -0.39 is 47.9 Å². The summed E-state index contributed by atoms with van der Waals surface area (Å²) in [5, 5.41) is 20.6. The lowest BCUT2D eigenvalue weighted by atomic mass is 10.0. The Labute approximate surface area is 207 Å². The lowest BCUT2D eigenvalue weighted by Crippen LogP contribution is -2.49. The Morgan fingerprint density at radius 1 is 0.917 bits per heavy atom. The van der Waals surface area contributed by atoms with Crippen LogP contribution in [0.1, 0.15) is 25.8 Å². The van der Waals surface area contributed by atoms with Crippen molar-refractivity contribution in [1.82, 2.24) is 16.0 Å². The highest BCUT2D eigenvalue weighted by Gasteiger charge is 2.22. The van der Waals surface area contributed by atoms with E-state index in [2.05, 4.69) is 21.3 Å². The van der Waals surface area contributed by atoms with Gasteiger partial charge in [-0.15, -0.1) is 0 Å². The van der Waals surface area contributed by atoms with Crippen molar-refractivity contribution in [1.29, 1.82) is 0 Å². The zero-order valence-corrected chi connectivity index (χ0v) is 20.0. The highest BCUT2D eigenvalue weighted by atomic mass is 16.6. The number of hydrogen-bond donors (Lipinski definition) is 4. The van der Waals surface area contributed by atoms with Gasteiger partial charge in [-0.2, -0.15) is 0 Å². The Morgan fingerprint density at radius 3 is 2.17 bits per heavy atom. The molecule has 2 rings (SSSR count). The lowest BCUT2D eigenvalue weighted by Gasteiger charge is -2.20. The maximum atomic E-state index is 12.7. The molecule has 0 spiro atoms. The minimum Gasteiger partial charge on any atom is -0.445 e. The van der Waals surface area contributed by atoms with Gasteiger partial charge in [-0.1, -0.05) is 44.2 Å². The van der Waals surface area contributed by atoms with Crippen LogP contribution in [-0.4, -0.2) is 47.9 Å². The number of carbonyl (C=O) groups excluding carboxylic acids is 4. The first-order valence-corrected chi connectivity index (χ1v) is 11.2. The fraction of sp³-hybridized carbons (Fsp3) is 0.333. The number of ether oxygens (including phenoxy) is 1. The first kappa shape index (κ1) is 27.8. The van der Waals surface area contributed by atoms with Gasteiger partial charge in [-0.3, -0.25) is 24.5 Å². The third-order valence-corrected chi connectivity index (χ3v) is 4.76. The van der Waals surface area contributed by atoms with Crippen LogP contribution in [0, 0.1) is 16.0 Å². The number of rotatable bonds is 12. The molecule has 0 fully saturated rings. The van der Waals surface area contributed by atoms with E-state index >= 15 is 0 Å². The summed E-state index contributed by atoms with van der Waals surface area (Å²) >= 11 is 0. The molecular weight excluding hydrogens is 470 g/mol. The second-order valence-electron chi connectivity index (χ2n) is 8.23. The van der Waals surface area contributed by atoms with Gasteiger partial charge >= 0.3 is 6.09 Å². The largest absolute Gasteiger partial charge is 0.445 e. The van der Waals surface area contributed by atoms with Crippen LogP contribution in [0.15, 0.2) is 54.6 Å². The van der Waals surface area contributed by atoms with Crippen LogP contribution in [-0.2, 0) is 25.7 Å². The van der Waals surface area contributed by atoms with Gasteiger partial charge in [-0.25, -0.2) is 4.79 Å². The van der Waals surface area contributed by atoms with Crippen molar-refractivity contribution < 1.29 is 28.8 Å². The average molecular weight is 500 g/mol. The number of nitrogens with zero attached hydrogens (tertiary/aromatic N) is 1. The van der Waals surface area contributed by atoms with Gasteiger partial charge in [-0.05, 0) is 30.0 Å². The van der Waals surface area contributed by atoms with E-state index in [1.807, 2.05) is 19.9 Å². The number of amides is 4. The highest BCUT2D eigenvalue weighted by molar-refractivity contribution is 5.98. The minimum absolute atomic E-state index is 0.0515. The molecular formula is C24H29N5O7. The molecule has 192 valence electrons. The maximum Gasteiger partial charge on any atom is 0.407 e. The van der Waals surface area contributed by atoms with Gasteiger partial charge in [0.2, 0.25) is 17.7 Å². The summed E-state index contributed by atoms with van der Waals surface area (Å²) in [6.45, 7) is 3.01. The molecule has 12 nitrogen and oxygen atoms in total. The van der Waals surface area contributed by atoms with Crippen LogP contribution in [0.25, 0.3) is 0 Å². The molecule has 0 aromatic heterocycles. The van der Waals surface area contributed by atoms with E-state index in [-0.39, 0.29) is 18.2 Å². The van der Waals surface area contributed by atoms with E-state index in [1.165, 1.54) is 24.3 Å². The van der Waals surface area contributed by atoms with Gasteiger partial charge < -0.3 is 26.0 Å². The number of alkyl carbamates (subject to hydrolysis) is 1. The molecule has 0 radical (unpaired) electrons. The summed E-state index contributed by atoms with van der Waals surface area (Å²) in [7, 11) is 0. The number of hydrogen-bond acceptors (Lipinski definition) is 7. The number of nitro benzene ring substituents is 1. The molecule has 0 aliphatic rings. The Morgan fingerprint density at radius 2 is 1.56 bits per heavy atom. The van der Waals surface area contributed by atoms with E-state index in [4.69, 9.17) is 4.74 Å². The van der Waals surface area contributed by atoms with Crippen LogP contribution in [0.2, 0.25) is 0 Å². The number of carbonyl (C=O) groups is 4. The van der Waals surface area contributed by atoms with Crippen LogP contribution < -0.4 is 21.3 Å². The minimum atomic E-state index is -0.893. The quantitative estimate of drug-likeness (QED) is 0.256. The number of benzene rings is 2. The summed E-state index contributed by atoms with van der Waals surface area (Å²) in [5.74, 6) is -1.64. The third kappa shape index (κ3) is 10.2. The fourth-order valence-corrected chi connectivity index (χ4v) is 3.01. The second kappa shape index (κ2) is 14.0. The predicted octanol–water partition coefficient (Wildman–Crippen LogP) is 2.11. The first-order chi connectivity index (χ1) is 17.1. The van der Waals surface area contributed by atoms with Crippen molar-refractivity contribution in [3.05, 3.63) is 70.3 Å². The third-order valence-electron chi connectivity index (χ3n) is 4.76. The van der Waals surface area contributed by atoms with Gasteiger partial charge in [0.25, 0.3) is 5.69 Å². The summed E-state index contributed by atoms with van der Waals surface area (Å²) in [4.78, 5) is 58.9. The summed E-state index contributed by atoms with van der Waals surface area (Å²) < 4.78 is 5.00. The highest BCUT2D eigenvalue weighted by Crippen LogP contribution is 2.16. The van der Waals surface area contributed by atoms with Gasteiger partial charge in [0, 0.05) is 17.8 Å². The number of nitrogens with one attached hydrogen (secondary N) is 4. The molecule has 0 aliphatic heterocycles. The van der Waals surface area contributed by atoms with Crippen LogP contribution in [0.5, 0.6) is 0 Å². The Bertz CT molecular complexity index is 1060. The van der Waals surface area contributed by atoms with E-state index in [0.717, 1.165) is 5.56 Å².